The summed E-state index contributed by atoms with van der Waals surface area (Å²) in [5.74, 6) is -0.0901. The normalized spacial score (nSPS) is 12.2. The molecule has 1 atom stereocenters. The number of nitrogens with one attached hydrogen (secondary N) is 1. The maximum absolute atomic E-state index is 12.3. The van der Waals surface area contributed by atoms with Crippen molar-refractivity contribution < 1.29 is 9.53 Å². The van der Waals surface area contributed by atoms with Gasteiger partial charge in [0.2, 0.25) is 0 Å². The molecule has 8 nitrogen and oxygen atoms in total. The van der Waals surface area contributed by atoms with Crippen molar-refractivity contribution in [2.75, 3.05) is 20.3 Å². The fourth-order valence-electron chi connectivity index (χ4n) is 2.48. The molecule has 0 aromatic carbocycles. The van der Waals surface area contributed by atoms with Gasteiger partial charge in [0.15, 0.2) is 0 Å². The van der Waals surface area contributed by atoms with E-state index in [9.17, 15) is 9.59 Å². The molecule has 0 aliphatic rings. The predicted molar refractivity (Wildman–Crippen MR) is 93.6 cm³/mol. The van der Waals surface area contributed by atoms with Gasteiger partial charge in [-0.05, 0) is 31.9 Å². The maximum Gasteiger partial charge on any atom is 0.271 e. The highest BCUT2D eigenvalue weighted by Crippen LogP contribution is 2.06. The third kappa shape index (κ3) is 5.25. The summed E-state index contributed by atoms with van der Waals surface area (Å²) in [5.41, 5.74) is 2.04. The van der Waals surface area contributed by atoms with Crippen LogP contribution in [0.3, 0.4) is 0 Å². The monoisotopic (exact) mass is 347 g/mol. The number of ether oxygens (including phenoxy) is 1. The number of aryl methyl sites for hydroxylation is 2. The van der Waals surface area contributed by atoms with Crippen molar-refractivity contribution in [1.29, 1.82) is 0 Å². The van der Waals surface area contributed by atoms with Crippen LogP contribution < -0.4 is 10.9 Å². The highest BCUT2D eigenvalue weighted by molar-refractivity contribution is 5.91. The van der Waals surface area contributed by atoms with Crippen molar-refractivity contribution in [2.24, 2.45) is 5.92 Å². The van der Waals surface area contributed by atoms with Gasteiger partial charge in [-0.3, -0.25) is 14.3 Å². The molecule has 0 bridgehead atoms. The Morgan fingerprint density at radius 3 is 2.68 bits per heavy atom. The highest BCUT2D eigenvalue weighted by atomic mass is 16.5. The van der Waals surface area contributed by atoms with E-state index in [1.165, 1.54) is 16.8 Å². The van der Waals surface area contributed by atoms with E-state index >= 15 is 0 Å². The lowest BCUT2D eigenvalue weighted by Gasteiger charge is -2.14. The van der Waals surface area contributed by atoms with Crippen molar-refractivity contribution in [1.82, 2.24) is 24.9 Å². The van der Waals surface area contributed by atoms with Gasteiger partial charge in [0.25, 0.3) is 11.5 Å². The van der Waals surface area contributed by atoms with Crippen LogP contribution in [-0.4, -0.2) is 45.7 Å². The molecule has 0 saturated carbocycles. The number of amides is 1. The van der Waals surface area contributed by atoms with Gasteiger partial charge in [0.05, 0.1) is 18.8 Å². The van der Waals surface area contributed by atoms with E-state index in [1.807, 2.05) is 31.5 Å². The number of hydrogen-bond donors (Lipinski definition) is 1. The number of methoxy groups -OCH3 is 1. The van der Waals surface area contributed by atoms with Gasteiger partial charge in [-0.1, -0.05) is 6.92 Å². The standard InChI is InChI=1S/C17H25N5O3/c1-12(11-22-14(3)9-13(2)19-22)10-18-17(24)15-5-6-16(23)21(20-15)7-8-25-4/h5-6,9,12H,7-8,10-11H2,1-4H3,(H,18,24)/t12-/m0/s1. The van der Waals surface area contributed by atoms with E-state index in [0.29, 0.717) is 19.7 Å². The minimum absolute atomic E-state index is 0.210. The Kier molecular flexibility index (Phi) is 6.46. The van der Waals surface area contributed by atoms with Gasteiger partial charge in [0, 0.05) is 32.0 Å². The molecule has 2 aromatic heterocycles. The summed E-state index contributed by atoms with van der Waals surface area (Å²) < 4.78 is 8.11. The first-order chi connectivity index (χ1) is 11.9. The lowest BCUT2D eigenvalue weighted by atomic mass is 10.2. The van der Waals surface area contributed by atoms with Crippen LogP contribution in [0.1, 0.15) is 28.8 Å². The number of hydrogen-bond acceptors (Lipinski definition) is 5. The van der Waals surface area contributed by atoms with Crippen molar-refractivity contribution in [3.8, 4) is 0 Å². The summed E-state index contributed by atoms with van der Waals surface area (Å²) in [4.78, 5) is 24.0. The van der Waals surface area contributed by atoms with Crippen molar-refractivity contribution in [3.63, 3.8) is 0 Å². The van der Waals surface area contributed by atoms with Gasteiger partial charge < -0.3 is 10.1 Å². The van der Waals surface area contributed by atoms with E-state index in [2.05, 4.69) is 15.5 Å². The summed E-state index contributed by atoms with van der Waals surface area (Å²) in [6.07, 6.45) is 0. The molecule has 2 rings (SSSR count). The summed E-state index contributed by atoms with van der Waals surface area (Å²) in [6, 6.07) is 4.81. The molecule has 2 heterocycles. The first-order valence-corrected chi connectivity index (χ1v) is 8.27. The van der Waals surface area contributed by atoms with Crippen LogP contribution in [0.15, 0.2) is 23.0 Å². The van der Waals surface area contributed by atoms with Crippen LogP contribution in [0.25, 0.3) is 0 Å². The predicted octanol–water partition coefficient (Wildman–Crippen LogP) is 0.769. The van der Waals surface area contributed by atoms with E-state index in [1.54, 1.807) is 7.11 Å². The largest absolute Gasteiger partial charge is 0.383 e. The molecule has 1 amide bonds. The van der Waals surface area contributed by atoms with Crippen molar-refractivity contribution in [3.05, 3.63) is 45.6 Å². The molecular formula is C17H25N5O3. The minimum Gasteiger partial charge on any atom is -0.383 e. The summed E-state index contributed by atoms with van der Waals surface area (Å²) in [6.45, 7) is 7.90. The van der Waals surface area contributed by atoms with E-state index in [4.69, 9.17) is 4.74 Å². The lowest BCUT2D eigenvalue weighted by Crippen LogP contribution is -2.33. The van der Waals surface area contributed by atoms with E-state index in [0.717, 1.165) is 17.9 Å². The van der Waals surface area contributed by atoms with Gasteiger partial charge >= 0.3 is 0 Å². The number of nitrogens with zero attached hydrogens (tertiary/aromatic N) is 4. The van der Waals surface area contributed by atoms with Crippen molar-refractivity contribution in [2.45, 2.75) is 33.9 Å². The Balaban J connectivity index is 1.93. The fourth-order valence-corrected chi connectivity index (χ4v) is 2.48. The van der Waals surface area contributed by atoms with Gasteiger partial charge in [-0.2, -0.15) is 10.2 Å². The summed E-state index contributed by atoms with van der Waals surface area (Å²) in [5, 5.41) is 11.4. The molecule has 0 fully saturated rings. The van der Waals surface area contributed by atoms with Crippen LogP contribution >= 0.6 is 0 Å². The average Bonchev–Trinajstić information content (AvgIpc) is 2.89. The topological polar surface area (TPSA) is 91.0 Å². The molecule has 25 heavy (non-hydrogen) atoms. The Morgan fingerprint density at radius 1 is 1.28 bits per heavy atom. The Labute approximate surface area is 146 Å². The van der Waals surface area contributed by atoms with E-state index < -0.39 is 0 Å². The Bertz CT molecular complexity index is 781. The zero-order valence-corrected chi connectivity index (χ0v) is 15.2. The molecule has 2 aromatic rings. The lowest BCUT2D eigenvalue weighted by molar-refractivity contribution is 0.0938. The van der Waals surface area contributed by atoms with E-state index in [-0.39, 0.29) is 23.1 Å². The van der Waals surface area contributed by atoms with Crippen LogP contribution in [0, 0.1) is 19.8 Å². The van der Waals surface area contributed by atoms with Gasteiger partial charge in [-0.25, -0.2) is 4.68 Å². The first-order valence-electron chi connectivity index (χ1n) is 8.27. The minimum atomic E-state index is -0.300. The summed E-state index contributed by atoms with van der Waals surface area (Å²) in [7, 11) is 1.55. The SMILES string of the molecule is COCCn1nc(C(=O)NC[C@H](C)Cn2nc(C)cc2C)ccc1=O. The quantitative estimate of drug-likeness (QED) is 0.762. The third-order valence-corrected chi connectivity index (χ3v) is 3.81. The van der Waals surface area contributed by atoms with Gasteiger partial charge in [-0.15, -0.1) is 0 Å². The second kappa shape index (κ2) is 8.57. The molecular weight excluding hydrogens is 322 g/mol. The molecule has 0 unspecified atom stereocenters. The average molecular weight is 347 g/mol. The van der Waals surface area contributed by atoms with Crippen LogP contribution in [0.5, 0.6) is 0 Å². The molecule has 0 aliphatic carbocycles. The zero-order valence-electron chi connectivity index (χ0n) is 15.2. The molecule has 0 saturated heterocycles. The summed E-state index contributed by atoms with van der Waals surface area (Å²) >= 11 is 0. The first kappa shape index (κ1) is 18.9. The second-order valence-corrected chi connectivity index (χ2v) is 6.20. The maximum atomic E-state index is 12.3. The Morgan fingerprint density at radius 2 is 2.04 bits per heavy atom. The molecule has 8 heteroatoms. The third-order valence-electron chi connectivity index (χ3n) is 3.81. The number of aromatic nitrogens is 4. The van der Waals surface area contributed by atoms with Crippen LogP contribution in [-0.2, 0) is 17.8 Å². The Hall–Kier alpha value is -2.48. The zero-order chi connectivity index (χ0) is 18.4. The molecule has 0 spiro atoms. The fraction of sp³-hybridized carbons (Fsp3) is 0.529. The molecule has 0 aliphatic heterocycles. The van der Waals surface area contributed by atoms with Crippen molar-refractivity contribution >= 4 is 5.91 Å². The molecule has 136 valence electrons. The van der Waals surface area contributed by atoms with Gasteiger partial charge in [0.1, 0.15) is 5.69 Å². The van der Waals surface area contributed by atoms with Crippen LogP contribution in [0.2, 0.25) is 0 Å². The second-order valence-electron chi connectivity index (χ2n) is 6.20. The highest BCUT2D eigenvalue weighted by Gasteiger charge is 2.12. The number of carbonyl (C=O) groups is 1. The molecule has 0 radical (unpaired) electrons. The molecule has 1 N–H and O–H groups in total. The smallest absolute Gasteiger partial charge is 0.271 e. The van der Waals surface area contributed by atoms with Crippen LogP contribution in [0.4, 0.5) is 0 Å². The number of carbonyl (C=O) groups excluding carboxylic acids is 1. The number of rotatable bonds is 8.